The average Bonchev–Trinajstić information content (AvgIpc) is 3.76. The molecule has 0 saturated heterocycles. The number of hydrogen-bond acceptors (Lipinski definition) is 3. The van der Waals surface area contributed by atoms with E-state index in [2.05, 4.69) is 99.6 Å². The molecule has 38 heavy (non-hydrogen) atoms. The number of fused-ring (bicyclic) bond motifs is 1. The number of anilines is 1. The van der Waals surface area contributed by atoms with Crippen molar-refractivity contribution >= 4 is 11.8 Å². The van der Waals surface area contributed by atoms with Crippen LogP contribution in [-0.4, -0.2) is 26.2 Å². The Morgan fingerprint density at radius 1 is 0.974 bits per heavy atom. The van der Waals surface area contributed by atoms with E-state index in [9.17, 15) is 0 Å². The zero-order valence-corrected chi connectivity index (χ0v) is 24.4. The van der Waals surface area contributed by atoms with Crippen LogP contribution in [0.25, 0.3) is 6.08 Å². The zero-order valence-electron chi connectivity index (χ0n) is 24.4. The van der Waals surface area contributed by atoms with Gasteiger partial charge in [-0.3, -0.25) is 0 Å². The summed E-state index contributed by atoms with van der Waals surface area (Å²) >= 11 is 0. The Morgan fingerprint density at radius 3 is 2.29 bits per heavy atom. The van der Waals surface area contributed by atoms with E-state index in [0.29, 0.717) is 18.1 Å². The fourth-order valence-corrected chi connectivity index (χ4v) is 5.03. The molecule has 1 aliphatic carbocycles. The van der Waals surface area contributed by atoms with Crippen LogP contribution < -0.4 is 15.0 Å². The summed E-state index contributed by atoms with van der Waals surface area (Å²) < 4.78 is 5.13. The molecule has 0 aromatic heterocycles. The zero-order chi connectivity index (χ0) is 27.3. The summed E-state index contributed by atoms with van der Waals surface area (Å²) in [6.45, 7) is 8.95. The van der Waals surface area contributed by atoms with E-state index in [0.717, 1.165) is 5.75 Å². The van der Waals surface area contributed by atoms with Crippen molar-refractivity contribution < 1.29 is 4.74 Å². The number of ether oxygens (including phenoxy) is 1. The smallest absolute Gasteiger partial charge is 0.119 e. The van der Waals surface area contributed by atoms with Gasteiger partial charge in [-0.1, -0.05) is 98.1 Å². The van der Waals surface area contributed by atoms with E-state index in [1.54, 1.807) is 12.7 Å². The largest absolute Gasteiger partial charge is 0.497 e. The highest BCUT2D eigenvalue weighted by Gasteiger charge is 2.29. The standard InChI is InChI=1S/C17H28N2.C11H12O.C7H8/c1-5-9-13(3)18-16-12-14(6-2)19(4)17-11-8-7-10-15(16)17;1-12-11-4-2-3-10(8-11)7-9-5-6-9;1-7-5-3-2-4-6-7/h7-8,10-11,13-14,16,18H,5-6,9,12H2,1-4H3;2-4,7-8H,5-6H2,1H3;2-6H,1H3. The predicted octanol–water partition coefficient (Wildman–Crippen LogP) is 8.99. The molecule has 3 aromatic carbocycles. The fraction of sp³-hybridized carbons (Fsp3) is 0.429. The minimum absolute atomic E-state index is 0.513. The lowest BCUT2D eigenvalue weighted by Gasteiger charge is -2.41. The fourth-order valence-electron chi connectivity index (χ4n) is 5.03. The number of allylic oxidation sites excluding steroid dienone is 1. The van der Waals surface area contributed by atoms with Gasteiger partial charge >= 0.3 is 0 Å². The third-order valence-corrected chi connectivity index (χ3v) is 7.37. The van der Waals surface area contributed by atoms with Gasteiger partial charge in [0.2, 0.25) is 0 Å². The van der Waals surface area contributed by atoms with Gasteiger partial charge in [-0.25, -0.2) is 0 Å². The van der Waals surface area contributed by atoms with Crippen LogP contribution in [0.4, 0.5) is 5.69 Å². The second kappa shape index (κ2) is 15.4. The number of benzene rings is 3. The Bertz CT molecular complexity index is 1120. The van der Waals surface area contributed by atoms with Crippen LogP contribution in [0.15, 0.2) is 84.4 Å². The summed E-state index contributed by atoms with van der Waals surface area (Å²) in [6.07, 6.45) is 9.73. The summed E-state index contributed by atoms with van der Waals surface area (Å²) in [5.74, 6) is 0.935. The number of nitrogens with one attached hydrogen (secondary N) is 1. The van der Waals surface area contributed by atoms with Crippen molar-refractivity contribution in [3.63, 3.8) is 0 Å². The van der Waals surface area contributed by atoms with Gasteiger partial charge in [0.15, 0.2) is 0 Å². The number of para-hydroxylation sites is 1. The molecular formula is C35H48N2O. The van der Waals surface area contributed by atoms with Crippen LogP contribution in [0.3, 0.4) is 0 Å². The molecule has 3 aromatic rings. The molecule has 0 radical (unpaired) electrons. The lowest BCUT2D eigenvalue weighted by atomic mass is 9.89. The number of methoxy groups -OCH3 is 1. The van der Waals surface area contributed by atoms with Crippen molar-refractivity contribution in [2.75, 3.05) is 19.1 Å². The molecule has 3 nitrogen and oxygen atoms in total. The summed E-state index contributed by atoms with van der Waals surface area (Å²) in [7, 11) is 3.93. The van der Waals surface area contributed by atoms with Crippen LogP contribution in [0.5, 0.6) is 5.75 Å². The third-order valence-electron chi connectivity index (χ3n) is 7.37. The first kappa shape index (κ1) is 29.5. The molecule has 3 atom stereocenters. The Kier molecular flexibility index (Phi) is 12.0. The van der Waals surface area contributed by atoms with E-state index in [4.69, 9.17) is 4.74 Å². The lowest BCUT2D eigenvalue weighted by molar-refractivity contribution is 0.368. The molecule has 3 unspecified atom stereocenters. The number of aryl methyl sites for hydroxylation is 1. The molecule has 1 saturated carbocycles. The normalized spacial score (nSPS) is 18.2. The summed E-state index contributed by atoms with van der Waals surface area (Å²) in [4.78, 5) is 2.46. The van der Waals surface area contributed by atoms with Crippen LogP contribution in [0.1, 0.15) is 82.0 Å². The Balaban J connectivity index is 0.000000178. The quantitative estimate of drug-likeness (QED) is 0.342. The molecule has 0 bridgehead atoms. The summed E-state index contributed by atoms with van der Waals surface area (Å²) in [5, 5.41) is 3.83. The monoisotopic (exact) mass is 512 g/mol. The molecule has 2 aliphatic rings. The van der Waals surface area contributed by atoms with E-state index in [-0.39, 0.29) is 0 Å². The average molecular weight is 513 g/mol. The topological polar surface area (TPSA) is 24.5 Å². The highest BCUT2D eigenvalue weighted by Crippen LogP contribution is 2.37. The van der Waals surface area contributed by atoms with Crippen molar-refractivity contribution in [3.8, 4) is 5.75 Å². The maximum Gasteiger partial charge on any atom is 0.119 e. The van der Waals surface area contributed by atoms with Gasteiger partial charge in [-0.2, -0.15) is 0 Å². The number of nitrogens with zero attached hydrogens (tertiary/aromatic N) is 1. The van der Waals surface area contributed by atoms with Gasteiger partial charge < -0.3 is 15.0 Å². The minimum Gasteiger partial charge on any atom is -0.497 e. The summed E-state index contributed by atoms with van der Waals surface area (Å²) in [6, 6.07) is 29.0. The minimum atomic E-state index is 0.513. The molecular weight excluding hydrogens is 464 g/mol. The molecule has 1 aliphatic heterocycles. The van der Waals surface area contributed by atoms with Crippen LogP contribution >= 0.6 is 0 Å². The van der Waals surface area contributed by atoms with Gasteiger partial charge in [-0.05, 0) is 75.3 Å². The molecule has 1 fully saturated rings. The highest BCUT2D eigenvalue weighted by molar-refractivity contribution is 5.58. The van der Waals surface area contributed by atoms with Gasteiger partial charge in [0.05, 0.1) is 7.11 Å². The molecule has 0 spiro atoms. The molecule has 5 rings (SSSR count). The SMILES string of the molecule is CCCC(C)NC1CC(CC)N(C)c2ccccc21.COc1cccc(C=C2CC2)c1.Cc1ccccc1. The van der Waals surface area contributed by atoms with Gasteiger partial charge in [0.25, 0.3) is 0 Å². The Labute approximate surface area is 231 Å². The predicted molar refractivity (Wildman–Crippen MR) is 165 cm³/mol. The Hall–Kier alpha value is -3.04. The summed E-state index contributed by atoms with van der Waals surface area (Å²) in [5.41, 5.74) is 6.99. The van der Waals surface area contributed by atoms with Gasteiger partial charge in [-0.15, -0.1) is 0 Å². The van der Waals surface area contributed by atoms with E-state index < -0.39 is 0 Å². The first-order valence-electron chi connectivity index (χ1n) is 14.4. The van der Waals surface area contributed by atoms with Crippen molar-refractivity contribution in [2.24, 2.45) is 0 Å². The van der Waals surface area contributed by atoms with Crippen LogP contribution in [0, 0.1) is 6.92 Å². The molecule has 1 heterocycles. The van der Waals surface area contributed by atoms with Crippen molar-refractivity contribution in [1.29, 1.82) is 0 Å². The second-order valence-electron chi connectivity index (χ2n) is 10.6. The first-order chi connectivity index (χ1) is 18.4. The molecule has 1 N–H and O–H groups in total. The number of rotatable bonds is 7. The lowest BCUT2D eigenvalue weighted by Crippen LogP contribution is -2.43. The van der Waals surface area contributed by atoms with Crippen molar-refractivity contribution in [3.05, 3.63) is 101 Å². The van der Waals surface area contributed by atoms with Crippen molar-refractivity contribution in [2.45, 2.75) is 84.3 Å². The maximum atomic E-state index is 5.13. The highest BCUT2D eigenvalue weighted by atomic mass is 16.5. The molecule has 3 heteroatoms. The van der Waals surface area contributed by atoms with Crippen molar-refractivity contribution in [1.82, 2.24) is 5.32 Å². The van der Waals surface area contributed by atoms with E-state index in [1.165, 1.54) is 60.9 Å². The second-order valence-corrected chi connectivity index (χ2v) is 10.6. The third kappa shape index (κ3) is 9.36. The van der Waals surface area contributed by atoms with E-state index >= 15 is 0 Å². The first-order valence-corrected chi connectivity index (χ1v) is 14.4. The van der Waals surface area contributed by atoms with Crippen LogP contribution in [0.2, 0.25) is 0 Å². The van der Waals surface area contributed by atoms with Gasteiger partial charge in [0, 0.05) is 30.9 Å². The van der Waals surface area contributed by atoms with Gasteiger partial charge in [0.1, 0.15) is 5.75 Å². The Morgan fingerprint density at radius 2 is 1.68 bits per heavy atom. The van der Waals surface area contributed by atoms with Crippen LogP contribution in [-0.2, 0) is 0 Å². The number of hydrogen-bond donors (Lipinski definition) is 1. The molecule has 204 valence electrons. The maximum absolute atomic E-state index is 5.13. The van der Waals surface area contributed by atoms with E-state index in [1.807, 2.05) is 30.3 Å². The molecule has 0 amide bonds.